The number of anilines is 2. The highest BCUT2D eigenvalue weighted by Crippen LogP contribution is 2.34. The molecule has 1 aliphatic rings. The van der Waals surface area contributed by atoms with Crippen molar-refractivity contribution < 1.29 is 22.7 Å². The molecule has 29 heavy (non-hydrogen) atoms. The second-order valence-electron chi connectivity index (χ2n) is 5.96. The van der Waals surface area contributed by atoms with Gasteiger partial charge in [-0.05, 0) is 31.2 Å². The highest BCUT2D eigenvalue weighted by molar-refractivity contribution is 8.15. The molecule has 10 heteroatoms. The van der Waals surface area contributed by atoms with Gasteiger partial charge in [0, 0.05) is 12.6 Å². The molecular weight excluding hydrogens is 414 g/mol. The summed E-state index contributed by atoms with van der Waals surface area (Å²) in [6.45, 7) is 2.41. The smallest absolute Gasteiger partial charge is 0.286 e. The van der Waals surface area contributed by atoms with Crippen LogP contribution in [0.15, 0.2) is 51.8 Å². The first-order chi connectivity index (χ1) is 13.9. The average Bonchev–Trinajstić information content (AvgIpc) is 2.72. The molecule has 0 radical (unpaired) electrons. The van der Waals surface area contributed by atoms with Gasteiger partial charge in [0.05, 0.1) is 31.3 Å². The molecule has 0 aromatic heterocycles. The Morgan fingerprint density at radius 2 is 1.93 bits per heavy atom. The molecule has 0 saturated carbocycles. The van der Waals surface area contributed by atoms with E-state index in [-0.39, 0.29) is 21.7 Å². The number of amidine groups is 1. The van der Waals surface area contributed by atoms with Crippen molar-refractivity contribution in [2.75, 3.05) is 36.7 Å². The third-order valence-electron chi connectivity index (χ3n) is 4.19. The molecule has 1 heterocycles. The summed E-state index contributed by atoms with van der Waals surface area (Å²) >= 11 is 1.06. The van der Waals surface area contributed by atoms with E-state index in [0.29, 0.717) is 29.4 Å². The molecule has 8 nitrogen and oxygen atoms in total. The predicted molar refractivity (Wildman–Crippen MR) is 115 cm³/mol. The van der Waals surface area contributed by atoms with Crippen LogP contribution in [-0.4, -0.2) is 46.0 Å². The van der Waals surface area contributed by atoms with Gasteiger partial charge in [-0.2, -0.15) is 8.42 Å². The quantitative estimate of drug-likeness (QED) is 0.745. The number of carbonyl (C=O) groups is 1. The number of rotatable bonds is 6. The van der Waals surface area contributed by atoms with Crippen molar-refractivity contribution in [2.45, 2.75) is 11.8 Å². The summed E-state index contributed by atoms with van der Waals surface area (Å²) in [4.78, 5) is 14.4. The molecule has 0 atom stereocenters. The number of benzene rings is 2. The molecule has 1 N–H and O–H groups in total. The Labute approximate surface area is 174 Å². The molecule has 0 spiro atoms. The van der Waals surface area contributed by atoms with Crippen LogP contribution in [0.4, 0.5) is 11.4 Å². The van der Waals surface area contributed by atoms with E-state index in [1.54, 1.807) is 41.3 Å². The highest BCUT2D eigenvalue weighted by Gasteiger charge is 2.30. The van der Waals surface area contributed by atoms with Gasteiger partial charge in [-0.3, -0.25) is 4.79 Å². The SMILES string of the molecule is CCN1C(SCC(=O)Nc2cc(OC)ccc2OC)=NS(=O)(=O)c2ccccc21. The van der Waals surface area contributed by atoms with Gasteiger partial charge < -0.3 is 19.7 Å². The third kappa shape index (κ3) is 4.48. The number of carbonyl (C=O) groups excluding carboxylic acids is 1. The summed E-state index contributed by atoms with van der Waals surface area (Å²) in [5, 5.41) is 3.02. The largest absolute Gasteiger partial charge is 0.497 e. The summed E-state index contributed by atoms with van der Waals surface area (Å²) in [5.74, 6) is 0.723. The minimum absolute atomic E-state index is 0.0205. The summed E-state index contributed by atoms with van der Waals surface area (Å²) in [6.07, 6.45) is 0. The molecule has 1 amide bonds. The van der Waals surface area contributed by atoms with Crippen LogP contribution < -0.4 is 19.7 Å². The van der Waals surface area contributed by atoms with Gasteiger partial charge in [0.15, 0.2) is 5.17 Å². The third-order valence-corrected chi connectivity index (χ3v) is 6.60. The zero-order valence-electron chi connectivity index (χ0n) is 16.2. The van der Waals surface area contributed by atoms with Gasteiger partial charge in [0.25, 0.3) is 10.0 Å². The van der Waals surface area contributed by atoms with Crippen molar-refractivity contribution in [3.8, 4) is 11.5 Å². The fraction of sp³-hybridized carbons (Fsp3) is 0.263. The number of ether oxygens (including phenoxy) is 2. The molecule has 1 aliphatic heterocycles. The Bertz CT molecular complexity index is 1050. The maximum Gasteiger partial charge on any atom is 0.286 e. The number of thioether (sulfide) groups is 1. The zero-order valence-corrected chi connectivity index (χ0v) is 17.8. The maximum absolute atomic E-state index is 12.5. The lowest BCUT2D eigenvalue weighted by molar-refractivity contribution is -0.113. The zero-order chi connectivity index (χ0) is 21.0. The lowest BCUT2D eigenvalue weighted by Crippen LogP contribution is -2.34. The van der Waals surface area contributed by atoms with Crippen LogP contribution in [0.5, 0.6) is 11.5 Å². The van der Waals surface area contributed by atoms with E-state index in [1.807, 2.05) is 6.92 Å². The molecule has 0 saturated heterocycles. The Balaban J connectivity index is 1.76. The Morgan fingerprint density at radius 3 is 2.62 bits per heavy atom. The molecule has 2 aromatic rings. The molecule has 0 fully saturated rings. The number of fused-ring (bicyclic) bond motifs is 1. The number of nitrogens with zero attached hydrogens (tertiary/aromatic N) is 2. The average molecular weight is 436 g/mol. The molecular formula is C19H21N3O5S2. The number of hydrogen-bond acceptors (Lipinski definition) is 7. The van der Waals surface area contributed by atoms with E-state index >= 15 is 0 Å². The fourth-order valence-corrected chi connectivity index (χ4v) is 5.16. The number of hydrogen-bond donors (Lipinski definition) is 1. The van der Waals surface area contributed by atoms with Crippen molar-refractivity contribution in [1.29, 1.82) is 0 Å². The second-order valence-corrected chi connectivity index (χ2v) is 8.48. The first-order valence-corrected chi connectivity index (χ1v) is 11.2. The van der Waals surface area contributed by atoms with Crippen molar-refractivity contribution >= 4 is 44.2 Å². The second kappa shape index (κ2) is 8.75. The molecule has 0 bridgehead atoms. The predicted octanol–water partition coefficient (Wildman–Crippen LogP) is 2.96. The van der Waals surface area contributed by atoms with E-state index in [1.165, 1.54) is 20.3 Å². The Kier molecular flexibility index (Phi) is 6.33. The van der Waals surface area contributed by atoms with Crippen LogP contribution in [0.1, 0.15) is 6.92 Å². The summed E-state index contributed by atoms with van der Waals surface area (Å²) < 4.78 is 39.3. The van der Waals surface area contributed by atoms with Crippen LogP contribution in [0.2, 0.25) is 0 Å². The van der Waals surface area contributed by atoms with Gasteiger partial charge in [0.2, 0.25) is 5.91 Å². The Hall–Kier alpha value is -2.72. The maximum atomic E-state index is 12.5. The van der Waals surface area contributed by atoms with Crippen LogP contribution >= 0.6 is 11.8 Å². The molecule has 3 rings (SSSR count). The molecule has 154 valence electrons. The number of amides is 1. The van der Waals surface area contributed by atoms with E-state index in [0.717, 1.165) is 11.8 Å². The van der Waals surface area contributed by atoms with E-state index < -0.39 is 10.0 Å². The number of methoxy groups -OCH3 is 2. The molecule has 2 aromatic carbocycles. The summed E-state index contributed by atoms with van der Waals surface area (Å²) in [7, 11) is -0.769. The first-order valence-electron chi connectivity index (χ1n) is 8.75. The summed E-state index contributed by atoms with van der Waals surface area (Å²) in [5.41, 5.74) is 1.02. The van der Waals surface area contributed by atoms with Gasteiger partial charge in [0.1, 0.15) is 16.4 Å². The lowest BCUT2D eigenvalue weighted by atomic mass is 10.2. The topological polar surface area (TPSA) is 97.3 Å². The Morgan fingerprint density at radius 1 is 1.17 bits per heavy atom. The highest BCUT2D eigenvalue weighted by atomic mass is 32.2. The van der Waals surface area contributed by atoms with Crippen LogP contribution in [-0.2, 0) is 14.8 Å². The van der Waals surface area contributed by atoms with Gasteiger partial charge >= 0.3 is 0 Å². The van der Waals surface area contributed by atoms with Crippen molar-refractivity contribution in [3.05, 3.63) is 42.5 Å². The van der Waals surface area contributed by atoms with Crippen molar-refractivity contribution in [2.24, 2.45) is 4.40 Å². The van der Waals surface area contributed by atoms with Crippen LogP contribution in [0.25, 0.3) is 0 Å². The van der Waals surface area contributed by atoms with Gasteiger partial charge in [-0.15, -0.1) is 4.40 Å². The van der Waals surface area contributed by atoms with Crippen molar-refractivity contribution in [3.63, 3.8) is 0 Å². The molecule has 0 aliphatic carbocycles. The molecule has 0 unspecified atom stereocenters. The van der Waals surface area contributed by atoms with Gasteiger partial charge in [-0.1, -0.05) is 23.9 Å². The van der Waals surface area contributed by atoms with Gasteiger partial charge in [-0.25, -0.2) is 0 Å². The van der Waals surface area contributed by atoms with Crippen LogP contribution in [0, 0.1) is 0 Å². The van der Waals surface area contributed by atoms with E-state index in [2.05, 4.69) is 9.71 Å². The number of para-hydroxylation sites is 1. The first kappa shape index (κ1) is 21.0. The van der Waals surface area contributed by atoms with E-state index in [9.17, 15) is 13.2 Å². The standard InChI is InChI=1S/C19H21N3O5S2/c1-4-22-15-7-5-6-8-17(15)29(24,25)21-19(22)28-12-18(23)20-14-11-13(26-2)9-10-16(14)27-3/h5-11H,4,12H2,1-3H3,(H,20,23). The normalized spacial score (nSPS) is 14.6. The summed E-state index contributed by atoms with van der Waals surface area (Å²) in [6, 6.07) is 11.8. The minimum atomic E-state index is -3.80. The number of nitrogens with one attached hydrogen (secondary N) is 1. The van der Waals surface area contributed by atoms with Crippen LogP contribution in [0.3, 0.4) is 0 Å². The monoisotopic (exact) mass is 435 g/mol. The number of sulfonamides is 1. The van der Waals surface area contributed by atoms with Crippen molar-refractivity contribution in [1.82, 2.24) is 0 Å². The lowest BCUT2D eigenvalue weighted by Gasteiger charge is -2.29. The minimum Gasteiger partial charge on any atom is -0.497 e. The van der Waals surface area contributed by atoms with E-state index in [4.69, 9.17) is 9.47 Å². The fourth-order valence-electron chi connectivity index (χ4n) is 2.84.